The van der Waals surface area contributed by atoms with Gasteiger partial charge in [0.2, 0.25) is 5.57 Å². The summed E-state index contributed by atoms with van der Waals surface area (Å²) in [5.41, 5.74) is 0.366. The van der Waals surface area contributed by atoms with Crippen LogP contribution < -0.4 is 5.57 Å². The molecule has 1 rings (SSSR count). The highest BCUT2D eigenvalue weighted by atomic mass is 31.2. The summed E-state index contributed by atoms with van der Waals surface area (Å²) in [5, 5.41) is 0. The van der Waals surface area contributed by atoms with Gasteiger partial charge in [0.05, 0.1) is 6.61 Å². The predicted octanol–water partition coefficient (Wildman–Crippen LogP) is 3.78. The molecule has 0 spiro atoms. The summed E-state index contributed by atoms with van der Waals surface area (Å²) in [5.74, 6) is 0. The maximum Gasteiger partial charge on any atom is 0.268 e. The standard InChI is InChI=1S/C14H25N2O2P/c1-3-5-6-7-8-9-13-19(17,18-4-2)14-15-11-10-12-16-14/h10-12H,3-9,13H2,1-2H3. The summed E-state index contributed by atoms with van der Waals surface area (Å²) in [7, 11) is -2.85. The molecule has 4 nitrogen and oxygen atoms in total. The van der Waals surface area contributed by atoms with E-state index in [4.69, 9.17) is 4.52 Å². The van der Waals surface area contributed by atoms with Crippen LogP contribution in [0.1, 0.15) is 52.4 Å². The van der Waals surface area contributed by atoms with Crippen LogP contribution in [0.4, 0.5) is 0 Å². The molecule has 0 fully saturated rings. The van der Waals surface area contributed by atoms with Crippen molar-refractivity contribution in [2.24, 2.45) is 0 Å². The zero-order valence-electron chi connectivity index (χ0n) is 12.0. The van der Waals surface area contributed by atoms with Crippen LogP contribution in [0.3, 0.4) is 0 Å². The molecule has 0 amide bonds. The Balaban J connectivity index is 2.46. The van der Waals surface area contributed by atoms with Gasteiger partial charge in [0.1, 0.15) is 0 Å². The molecule has 108 valence electrons. The fourth-order valence-electron chi connectivity index (χ4n) is 2.00. The van der Waals surface area contributed by atoms with Gasteiger partial charge in [0, 0.05) is 18.6 Å². The smallest absolute Gasteiger partial charge is 0.268 e. The Morgan fingerprint density at radius 1 is 1.05 bits per heavy atom. The quantitative estimate of drug-likeness (QED) is 0.484. The fourth-order valence-corrected chi connectivity index (χ4v) is 3.99. The minimum atomic E-state index is -2.85. The molecule has 0 aliphatic rings. The van der Waals surface area contributed by atoms with E-state index < -0.39 is 7.37 Å². The van der Waals surface area contributed by atoms with E-state index in [9.17, 15) is 4.57 Å². The molecule has 1 heterocycles. The number of hydrogen-bond acceptors (Lipinski definition) is 4. The summed E-state index contributed by atoms with van der Waals surface area (Å²) in [4.78, 5) is 8.20. The molecule has 0 aliphatic heterocycles. The van der Waals surface area contributed by atoms with Crippen LogP contribution in [-0.2, 0) is 9.09 Å². The van der Waals surface area contributed by atoms with Gasteiger partial charge in [-0.05, 0) is 19.4 Å². The van der Waals surface area contributed by atoms with E-state index >= 15 is 0 Å². The van der Waals surface area contributed by atoms with Gasteiger partial charge >= 0.3 is 0 Å². The largest absolute Gasteiger partial charge is 0.323 e. The van der Waals surface area contributed by atoms with E-state index in [1.54, 1.807) is 18.5 Å². The molecule has 0 N–H and O–H groups in total. The number of hydrogen-bond donors (Lipinski definition) is 0. The van der Waals surface area contributed by atoms with Crippen LogP contribution in [-0.4, -0.2) is 22.7 Å². The lowest BCUT2D eigenvalue weighted by Crippen LogP contribution is -2.17. The third-order valence-corrected chi connectivity index (χ3v) is 5.42. The topological polar surface area (TPSA) is 52.1 Å². The Bertz CT molecular complexity index is 384. The molecule has 1 aromatic heterocycles. The summed E-state index contributed by atoms with van der Waals surface area (Å²) in [6.07, 6.45) is 10.8. The molecule has 0 aliphatic carbocycles. The Labute approximate surface area is 116 Å². The number of rotatable bonds is 10. The van der Waals surface area contributed by atoms with Gasteiger partial charge in [-0.1, -0.05) is 39.0 Å². The second-order valence-electron chi connectivity index (χ2n) is 4.63. The maximum absolute atomic E-state index is 12.8. The highest BCUT2D eigenvalue weighted by Crippen LogP contribution is 2.45. The zero-order chi connectivity index (χ0) is 14.0. The molecule has 0 radical (unpaired) electrons. The fraction of sp³-hybridized carbons (Fsp3) is 0.714. The van der Waals surface area contributed by atoms with Gasteiger partial charge in [0.25, 0.3) is 7.37 Å². The van der Waals surface area contributed by atoms with Crippen molar-refractivity contribution in [1.82, 2.24) is 9.97 Å². The van der Waals surface area contributed by atoms with Gasteiger partial charge in [0.15, 0.2) is 0 Å². The first-order chi connectivity index (χ1) is 9.23. The molecule has 1 aromatic rings. The van der Waals surface area contributed by atoms with Crippen molar-refractivity contribution in [3.8, 4) is 0 Å². The molecule has 1 unspecified atom stereocenters. The Hall–Kier alpha value is -0.730. The first kappa shape index (κ1) is 16.3. The van der Waals surface area contributed by atoms with Crippen molar-refractivity contribution in [2.75, 3.05) is 12.8 Å². The van der Waals surface area contributed by atoms with Crippen molar-refractivity contribution in [2.45, 2.75) is 52.4 Å². The summed E-state index contributed by atoms with van der Waals surface area (Å²) < 4.78 is 18.2. The number of aromatic nitrogens is 2. The molecule has 1 atom stereocenters. The Morgan fingerprint density at radius 2 is 1.68 bits per heavy atom. The normalized spacial score (nSPS) is 14.2. The van der Waals surface area contributed by atoms with Crippen LogP contribution in [0.15, 0.2) is 18.5 Å². The summed E-state index contributed by atoms with van der Waals surface area (Å²) >= 11 is 0. The van der Waals surface area contributed by atoms with Crippen LogP contribution in [0, 0.1) is 0 Å². The average Bonchev–Trinajstić information content (AvgIpc) is 2.44. The van der Waals surface area contributed by atoms with Crippen LogP contribution >= 0.6 is 7.37 Å². The third kappa shape index (κ3) is 5.84. The molecule has 0 aromatic carbocycles. The number of unbranched alkanes of at least 4 members (excludes halogenated alkanes) is 5. The van der Waals surface area contributed by atoms with Gasteiger partial charge in [-0.15, -0.1) is 0 Å². The van der Waals surface area contributed by atoms with E-state index in [0.29, 0.717) is 18.3 Å². The van der Waals surface area contributed by atoms with Crippen LogP contribution in [0.25, 0.3) is 0 Å². The van der Waals surface area contributed by atoms with Gasteiger partial charge in [-0.2, -0.15) is 0 Å². The van der Waals surface area contributed by atoms with E-state index in [1.807, 2.05) is 6.92 Å². The molecule has 5 heteroatoms. The second kappa shape index (κ2) is 9.22. The third-order valence-electron chi connectivity index (χ3n) is 3.00. The highest BCUT2D eigenvalue weighted by Gasteiger charge is 2.27. The lowest BCUT2D eigenvalue weighted by atomic mass is 10.1. The van der Waals surface area contributed by atoms with Crippen molar-refractivity contribution in [3.63, 3.8) is 0 Å². The molecule has 19 heavy (non-hydrogen) atoms. The number of nitrogens with zero attached hydrogens (tertiary/aromatic N) is 2. The molecular weight excluding hydrogens is 259 g/mol. The first-order valence-corrected chi connectivity index (χ1v) is 9.05. The van der Waals surface area contributed by atoms with E-state index in [1.165, 1.54) is 25.7 Å². The van der Waals surface area contributed by atoms with Gasteiger partial charge < -0.3 is 4.52 Å². The van der Waals surface area contributed by atoms with Crippen molar-refractivity contribution < 1.29 is 9.09 Å². The zero-order valence-corrected chi connectivity index (χ0v) is 12.9. The highest BCUT2D eigenvalue weighted by molar-refractivity contribution is 7.66. The molecular formula is C14H25N2O2P. The van der Waals surface area contributed by atoms with Crippen LogP contribution in [0.5, 0.6) is 0 Å². The minimum absolute atomic E-state index is 0.366. The van der Waals surface area contributed by atoms with Gasteiger partial charge in [-0.3, -0.25) is 4.57 Å². The molecule has 0 bridgehead atoms. The van der Waals surface area contributed by atoms with Crippen molar-refractivity contribution in [1.29, 1.82) is 0 Å². The van der Waals surface area contributed by atoms with Crippen LogP contribution in [0.2, 0.25) is 0 Å². The van der Waals surface area contributed by atoms with Crippen molar-refractivity contribution >= 4 is 12.9 Å². The first-order valence-electron chi connectivity index (χ1n) is 7.24. The SMILES string of the molecule is CCCCCCCCP(=O)(OCC)c1ncccn1. The monoisotopic (exact) mass is 284 g/mol. The van der Waals surface area contributed by atoms with E-state index in [0.717, 1.165) is 12.8 Å². The maximum atomic E-state index is 12.8. The lowest BCUT2D eigenvalue weighted by molar-refractivity contribution is 0.338. The Morgan fingerprint density at radius 3 is 2.32 bits per heavy atom. The molecule has 0 saturated carbocycles. The lowest BCUT2D eigenvalue weighted by Gasteiger charge is -2.15. The van der Waals surface area contributed by atoms with Crippen molar-refractivity contribution in [3.05, 3.63) is 18.5 Å². The van der Waals surface area contributed by atoms with Gasteiger partial charge in [-0.25, -0.2) is 9.97 Å². The Kier molecular flexibility index (Phi) is 7.92. The molecule has 0 saturated heterocycles. The predicted molar refractivity (Wildman–Crippen MR) is 79.1 cm³/mol. The summed E-state index contributed by atoms with van der Waals surface area (Å²) in [6.45, 7) is 4.50. The average molecular weight is 284 g/mol. The van der Waals surface area contributed by atoms with E-state index in [-0.39, 0.29) is 0 Å². The minimum Gasteiger partial charge on any atom is -0.323 e. The van der Waals surface area contributed by atoms with E-state index in [2.05, 4.69) is 16.9 Å². The summed E-state index contributed by atoms with van der Waals surface area (Å²) in [6, 6.07) is 1.73. The second-order valence-corrected chi connectivity index (χ2v) is 7.08.